The third-order valence-corrected chi connectivity index (χ3v) is 12.7. The maximum absolute atomic E-state index is 6.89. The SMILES string of the molecule is c1ccc(-c2c3ccccc3c(-c3cc(-c4cccc5c4c4c6ccccc6c6ccccc6c4n5-c4ccccc4)cc4oc5ccccc5c34)c3ccccc23)cc1. The van der Waals surface area contributed by atoms with E-state index in [1.165, 1.54) is 92.7 Å². The predicted octanol–water partition coefficient (Wildman–Crippen LogP) is 16.3. The molecule has 0 aliphatic heterocycles. The molecule has 13 aromatic rings. The average Bonchev–Trinajstić information content (AvgIpc) is 3.88. The van der Waals surface area contributed by atoms with Crippen molar-refractivity contribution in [1.29, 1.82) is 0 Å². The number of fused-ring (bicyclic) bond motifs is 13. The van der Waals surface area contributed by atoms with E-state index in [0.717, 1.165) is 33.2 Å². The molecule has 0 amide bonds. The minimum absolute atomic E-state index is 0.878. The van der Waals surface area contributed by atoms with Gasteiger partial charge in [-0.15, -0.1) is 0 Å². The third kappa shape index (κ3) is 4.64. The Bertz CT molecular complexity index is 3810. The van der Waals surface area contributed by atoms with Gasteiger partial charge in [-0.05, 0) is 107 Å². The molecule has 0 bridgehead atoms. The van der Waals surface area contributed by atoms with Crippen LogP contribution >= 0.6 is 0 Å². The van der Waals surface area contributed by atoms with Crippen molar-refractivity contribution < 1.29 is 4.42 Å². The van der Waals surface area contributed by atoms with Crippen LogP contribution in [0.25, 0.3) is 126 Å². The Morgan fingerprint density at radius 3 is 1.52 bits per heavy atom. The molecule has 0 fully saturated rings. The van der Waals surface area contributed by atoms with E-state index < -0.39 is 0 Å². The molecule has 2 aromatic heterocycles. The summed E-state index contributed by atoms with van der Waals surface area (Å²) in [5.41, 5.74) is 12.4. The summed E-state index contributed by atoms with van der Waals surface area (Å²) in [4.78, 5) is 0. The van der Waals surface area contributed by atoms with Crippen molar-refractivity contribution in [3.8, 4) is 39.1 Å². The van der Waals surface area contributed by atoms with Gasteiger partial charge in [0.05, 0.1) is 11.0 Å². The fourth-order valence-electron chi connectivity index (χ4n) is 10.3. The highest BCUT2D eigenvalue weighted by molar-refractivity contribution is 6.34. The molecule has 11 aromatic carbocycles. The summed E-state index contributed by atoms with van der Waals surface area (Å²) >= 11 is 0. The fourth-order valence-corrected chi connectivity index (χ4v) is 10.3. The molecule has 2 nitrogen and oxygen atoms in total. The molecule has 0 spiro atoms. The second-order valence-corrected chi connectivity index (χ2v) is 15.9. The zero-order chi connectivity index (χ0) is 39.3. The largest absolute Gasteiger partial charge is 0.456 e. The number of para-hydroxylation sites is 2. The van der Waals surface area contributed by atoms with Gasteiger partial charge in [-0.3, -0.25) is 0 Å². The first kappa shape index (κ1) is 33.1. The number of hydrogen-bond donors (Lipinski definition) is 0. The molecule has 0 aliphatic carbocycles. The van der Waals surface area contributed by atoms with E-state index >= 15 is 0 Å². The van der Waals surface area contributed by atoms with Crippen molar-refractivity contribution in [2.45, 2.75) is 0 Å². The van der Waals surface area contributed by atoms with Gasteiger partial charge in [0.15, 0.2) is 0 Å². The van der Waals surface area contributed by atoms with Gasteiger partial charge in [-0.2, -0.15) is 0 Å². The standard InChI is InChI=1S/C58H35NO/c1-3-18-36(19-4-1)53-43-25-10-12-27-45(43)54(46-28-13-11-26-44(46)53)49-34-37(35-52-55(49)48-30-15-16-33-51(48)60-52)39-31-17-32-50-56(39)57-42-24-9-7-22-40(42)41-23-8-14-29-47(41)58(57)59(50)38-20-5-2-6-21-38/h1-35H. The first-order chi connectivity index (χ1) is 29.8. The Kier molecular flexibility index (Phi) is 7.05. The van der Waals surface area contributed by atoms with Crippen molar-refractivity contribution in [2.75, 3.05) is 0 Å². The number of furan rings is 1. The van der Waals surface area contributed by atoms with Gasteiger partial charge in [-0.25, -0.2) is 0 Å². The monoisotopic (exact) mass is 761 g/mol. The predicted molar refractivity (Wildman–Crippen MR) is 254 cm³/mol. The van der Waals surface area contributed by atoms with Gasteiger partial charge in [0.1, 0.15) is 11.2 Å². The van der Waals surface area contributed by atoms with E-state index in [1.54, 1.807) is 0 Å². The Morgan fingerprint density at radius 1 is 0.300 bits per heavy atom. The van der Waals surface area contributed by atoms with Crippen molar-refractivity contribution in [3.05, 3.63) is 212 Å². The summed E-state index contributed by atoms with van der Waals surface area (Å²) in [5.74, 6) is 0. The Hall–Kier alpha value is -7.94. The second kappa shape index (κ2) is 12.8. The summed E-state index contributed by atoms with van der Waals surface area (Å²) in [6.45, 7) is 0. The van der Waals surface area contributed by atoms with Crippen LogP contribution in [-0.2, 0) is 0 Å². The van der Waals surface area contributed by atoms with Crippen LogP contribution < -0.4 is 0 Å². The first-order valence-corrected chi connectivity index (χ1v) is 20.7. The molecular formula is C58H35NO. The van der Waals surface area contributed by atoms with Crippen LogP contribution in [0.1, 0.15) is 0 Å². The average molecular weight is 762 g/mol. The van der Waals surface area contributed by atoms with E-state index in [4.69, 9.17) is 4.42 Å². The summed E-state index contributed by atoms with van der Waals surface area (Å²) in [6.07, 6.45) is 0. The molecule has 0 radical (unpaired) electrons. The molecular weight excluding hydrogens is 727 g/mol. The fraction of sp³-hybridized carbons (Fsp3) is 0. The molecule has 0 saturated carbocycles. The van der Waals surface area contributed by atoms with E-state index in [2.05, 4.69) is 217 Å². The zero-order valence-electron chi connectivity index (χ0n) is 32.6. The smallest absolute Gasteiger partial charge is 0.136 e. The molecule has 13 rings (SSSR count). The van der Waals surface area contributed by atoms with E-state index in [1.807, 2.05) is 0 Å². The lowest BCUT2D eigenvalue weighted by Crippen LogP contribution is -1.94. The molecule has 0 atom stereocenters. The molecule has 2 heterocycles. The first-order valence-electron chi connectivity index (χ1n) is 20.7. The van der Waals surface area contributed by atoms with Gasteiger partial charge in [0.2, 0.25) is 0 Å². The minimum Gasteiger partial charge on any atom is -0.456 e. The highest BCUT2D eigenvalue weighted by Crippen LogP contribution is 2.50. The number of aromatic nitrogens is 1. The van der Waals surface area contributed by atoms with Crippen molar-refractivity contribution in [1.82, 2.24) is 4.57 Å². The summed E-state index contributed by atoms with van der Waals surface area (Å²) in [6, 6.07) is 77.4. The minimum atomic E-state index is 0.878. The molecule has 2 heteroatoms. The highest BCUT2D eigenvalue weighted by atomic mass is 16.3. The molecule has 0 unspecified atom stereocenters. The van der Waals surface area contributed by atoms with Crippen molar-refractivity contribution in [3.63, 3.8) is 0 Å². The quantitative estimate of drug-likeness (QED) is 0.129. The van der Waals surface area contributed by atoms with Crippen LogP contribution in [0.5, 0.6) is 0 Å². The van der Waals surface area contributed by atoms with Gasteiger partial charge in [-0.1, -0.05) is 176 Å². The van der Waals surface area contributed by atoms with Gasteiger partial charge in [0, 0.05) is 32.6 Å². The van der Waals surface area contributed by atoms with Gasteiger partial charge in [0.25, 0.3) is 0 Å². The van der Waals surface area contributed by atoms with Crippen LogP contribution in [0.2, 0.25) is 0 Å². The summed E-state index contributed by atoms with van der Waals surface area (Å²) < 4.78 is 9.37. The lowest BCUT2D eigenvalue weighted by Gasteiger charge is -2.19. The number of hydrogen-bond acceptors (Lipinski definition) is 1. The Morgan fingerprint density at radius 2 is 0.833 bits per heavy atom. The zero-order valence-corrected chi connectivity index (χ0v) is 32.6. The van der Waals surface area contributed by atoms with Crippen molar-refractivity contribution >= 4 is 86.8 Å². The van der Waals surface area contributed by atoms with Crippen LogP contribution in [-0.4, -0.2) is 4.57 Å². The van der Waals surface area contributed by atoms with Gasteiger partial charge < -0.3 is 8.98 Å². The topological polar surface area (TPSA) is 18.1 Å². The summed E-state index contributed by atoms with van der Waals surface area (Å²) in [7, 11) is 0. The lowest BCUT2D eigenvalue weighted by molar-refractivity contribution is 0.669. The molecule has 278 valence electrons. The molecule has 60 heavy (non-hydrogen) atoms. The molecule has 0 saturated heterocycles. The highest BCUT2D eigenvalue weighted by Gasteiger charge is 2.25. The molecule has 0 N–H and O–H groups in total. The summed E-state index contributed by atoms with van der Waals surface area (Å²) in [5, 5.41) is 14.6. The van der Waals surface area contributed by atoms with E-state index in [0.29, 0.717) is 0 Å². The number of rotatable bonds is 4. The van der Waals surface area contributed by atoms with Crippen LogP contribution in [0.3, 0.4) is 0 Å². The van der Waals surface area contributed by atoms with Gasteiger partial charge >= 0.3 is 0 Å². The van der Waals surface area contributed by atoms with Crippen LogP contribution in [0.4, 0.5) is 0 Å². The number of benzene rings is 11. The maximum Gasteiger partial charge on any atom is 0.136 e. The number of nitrogens with zero attached hydrogens (tertiary/aromatic N) is 1. The van der Waals surface area contributed by atoms with E-state index in [9.17, 15) is 0 Å². The van der Waals surface area contributed by atoms with Crippen LogP contribution in [0.15, 0.2) is 217 Å². The third-order valence-electron chi connectivity index (χ3n) is 12.7. The van der Waals surface area contributed by atoms with E-state index in [-0.39, 0.29) is 0 Å². The van der Waals surface area contributed by atoms with Crippen molar-refractivity contribution in [2.24, 2.45) is 0 Å². The maximum atomic E-state index is 6.89. The van der Waals surface area contributed by atoms with Crippen LogP contribution in [0, 0.1) is 0 Å². The normalized spacial score (nSPS) is 12.0. The Balaban J connectivity index is 1.22. The second-order valence-electron chi connectivity index (χ2n) is 15.9. The lowest BCUT2D eigenvalue weighted by atomic mass is 9.84. The molecule has 0 aliphatic rings. The Labute approximate surface area is 345 Å².